The summed E-state index contributed by atoms with van der Waals surface area (Å²) in [5.74, 6) is 1.20. The summed E-state index contributed by atoms with van der Waals surface area (Å²) in [7, 11) is 1.57. The molecule has 0 spiro atoms. The molecule has 8 heteroatoms. The molecule has 0 aliphatic rings. The van der Waals surface area contributed by atoms with Gasteiger partial charge in [0.1, 0.15) is 5.75 Å². The van der Waals surface area contributed by atoms with Crippen molar-refractivity contribution in [2.75, 3.05) is 18.2 Å². The topological polar surface area (TPSA) is 79.9 Å². The first-order chi connectivity index (χ1) is 12.6. The highest BCUT2D eigenvalue weighted by molar-refractivity contribution is 7.99. The summed E-state index contributed by atoms with van der Waals surface area (Å²) in [6.07, 6.45) is 0. The monoisotopic (exact) mass is 388 g/mol. The number of aryl methyl sites for hydroxylation is 1. The number of thioether (sulfide) groups is 1. The number of amides is 1. The van der Waals surface area contributed by atoms with Crippen molar-refractivity contribution < 1.29 is 9.53 Å². The van der Waals surface area contributed by atoms with E-state index in [0.717, 1.165) is 11.1 Å². The maximum absolute atomic E-state index is 12.2. The largest absolute Gasteiger partial charge is 0.495 e. The van der Waals surface area contributed by atoms with E-state index in [1.54, 1.807) is 13.2 Å². The van der Waals surface area contributed by atoms with Crippen LogP contribution < -0.4 is 10.1 Å². The summed E-state index contributed by atoms with van der Waals surface area (Å²) in [6.45, 7) is 1.95. The first-order valence-corrected chi connectivity index (χ1v) is 9.18. The van der Waals surface area contributed by atoms with Crippen LogP contribution in [0.5, 0.6) is 5.75 Å². The van der Waals surface area contributed by atoms with Crippen LogP contribution in [0.2, 0.25) is 5.02 Å². The first kappa shape index (κ1) is 18.3. The summed E-state index contributed by atoms with van der Waals surface area (Å²) >= 11 is 7.39. The molecule has 6 nitrogen and oxygen atoms in total. The first-order valence-electron chi connectivity index (χ1n) is 7.81. The normalized spacial score (nSPS) is 10.6. The number of ether oxygens (including phenoxy) is 1. The highest BCUT2D eigenvalue weighted by Crippen LogP contribution is 2.27. The number of benzene rings is 2. The minimum absolute atomic E-state index is 0.164. The van der Waals surface area contributed by atoms with Crippen molar-refractivity contribution in [2.45, 2.75) is 12.1 Å². The number of aromatic amines is 1. The van der Waals surface area contributed by atoms with Crippen molar-refractivity contribution in [1.29, 1.82) is 0 Å². The zero-order valence-electron chi connectivity index (χ0n) is 14.2. The number of nitrogens with one attached hydrogen (secondary N) is 2. The minimum Gasteiger partial charge on any atom is -0.495 e. The van der Waals surface area contributed by atoms with Gasteiger partial charge in [0.25, 0.3) is 0 Å². The molecule has 0 aliphatic carbocycles. The van der Waals surface area contributed by atoms with E-state index in [1.165, 1.54) is 11.8 Å². The smallest absolute Gasteiger partial charge is 0.234 e. The third-order valence-electron chi connectivity index (χ3n) is 3.56. The van der Waals surface area contributed by atoms with Crippen LogP contribution in [-0.2, 0) is 4.79 Å². The summed E-state index contributed by atoms with van der Waals surface area (Å²) in [6, 6.07) is 13.0. The van der Waals surface area contributed by atoms with E-state index in [9.17, 15) is 4.79 Å². The fraction of sp³-hybridized carbons (Fsp3) is 0.167. The SMILES string of the molecule is COc1ccc(C)cc1NC(=O)CSc1n[nH]c(-c2ccccc2Cl)n1. The van der Waals surface area contributed by atoms with Gasteiger partial charge < -0.3 is 10.1 Å². The Kier molecular flexibility index (Phi) is 5.80. The molecular formula is C18H17ClN4O2S. The molecule has 0 saturated heterocycles. The van der Waals surface area contributed by atoms with Gasteiger partial charge in [0.2, 0.25) is 11.1 Å². The summed E-state index contributed by atoms with van der Waals surface area (Å²) < 4.78 is 5.26. The van der Waals surface area contributed by atoms with Crippen LogP contribution >= 0.6 is 23.4 Å². The van der Waals surface area contributed by atoms with Gasteiger partial charge >= 0.3 is 0 Å². The van der Waals surface area contributed by atoms with Crippen LogP contribution in [0, 0.1) is 6.92 Å². The molecule has 1 heterocycles. The van der Waals surface area contributed by atoms with Crippen molar-refractivity contribution in [3.63, 3.8) is 0 Å². The third kappa shape index (κ3) is 4.36. The lowest BCUT2D eigenvalue weighted by atomic mass is 10.2. The molecule has 0 saturated carbocycles. The molecule has 0 fully saturated rings. The number of methoxy groups -OCH3 is 1. The van der Waals surface area contributed by atoms with Crippen molar-refractivity contribution in [3.05, 3.63) is 53.1 Å². The average molecular weight is 389 g/mol. The Morgan fingerprint density at radius 3 is 2.88 bits per heavy atom. The number of rotatable bonds is 6. The van der Waals surface area contributed by atoms with Crippen LogP contribution in [0.3, 0.4) is 0 Å². The number of aromatic nitrogens is 3. The second-order valence-electron chi connectivity index (χ2n) is 5.49. The van der Waals surface area contributed by atoms with E-state index in [4.69, 9.17) is 16.3 Å². The molecule has 0 unspecified atom stereocenters. The van der Waals surface area contributed by atoms with Crippen LogP contribution in [0.4, 0.5) is 5.69 Å². The molecule has 0 atom stereocenters. The number of halogens is 1. The van der Waals surface area contributed by atoms with Gasteiger partial charge in [-0.1, -0.05) is 41.6 Å². The zero-order chi connectivity index (χ0) is 18.5. The predicted molar refractivity (Wildman–Crippen MR) is 104 cm³/mol. The predicted octanol–water partition coefficient (Wildman–Crippen LogP) is 4.17. The number of H-pyrrole nitrogens is 1. The van der Waals surface area contributed by atoms with E-state index in [0.29, 0.717) is 27.4 Å². The van der Waals surface area contributed by atoms with Crippen LogP contribution in [0.25, 0.3) is 11.4 Å². The summed E-state index contributed by atoms with van der Waals surface area (Å²) in [4.78, 5) is 16.6. The van der Waals surface area contributed by atoms with E-state index >= 15 is 0 Å². The highest BCUT2D eigenvalue weighted by Gasteiger charge is 2.12. The van der Waals surface area contributed by atoms with Gasteiger partial charge in [-0.3, -0.25) is 9.89 Å². The summed E-state index contributed by atoms with van der Waals surface area (Å²) in [5, 5.41) is 10.9. The Morgan fingerprint density at radius 2 is 2.12 bits per heavy atom. The standard InChI is InChI=1S/C18H17ClN4O2S/c1-11-7-8-15(25-2)14(9-11)20-16(24)10-26-18-21-17(22-23-18)12-5-3-4-6-13(12)19/h3-9H,10H2,1-2H3,(H,20,24)(H,21,22,23). The van der Waals surface area contributed by atoms with Crippen molar-refractivity contribution in [2.24, 2.45) is 0 Å². The maximum Gasteiger partial charge on any atom is 0.234 e. The van der Waals surface area contributed by atoms with Gasteiger partial charge in [0, 0.05) is 5.56 Å². The lowest BCUT2D eigenvalue weighted by Crippen LogP contribution is -2.15. The average Bonchev–Trinajstić information content (AvgIpc) is 3.09. The van der Waals surface area contributed by atoms with Gasteiger partial charge in [0.05, 0.1) is 23.6 Å². The van der Waals surface area contributed by atoms with E-state index in [1.807, 2.05) is 43.3 Å². The molecule has 3 aromatic rings. The number of nitrogens with zero attached hydrogens (tertiary/aromatic N) is 2. The number of anilines is 1. The van der Waals surface area contributed by atoms with Crippen LogP contribution in [0.15, 0.2) is 47.6 Å². The van der Waals surface area contributed by atoms with Gasteiger partial charge in [-0.05, 0) is 36.8 Å². The molecule has 26 heavy (non-hydrogen) atoms. The minimum atomic E-state index is -0.164. The molecule has 0 radical (unpaired) electrons. The number of hydrogen-bond acceptors (Lipinski definition) is 5. The summed E-state index contributed by atoms with van der Waals surface area (Å²) in [5.41, 5.74) is 2.44. The Balaban J connectivity index is 1.62. The molecule has 2 aromatic carbocycles. The van der Waals surface area contributed by atoms with Gasteiger partial charge in [-0.15, -0.1) is 5.10 Å². The second kappa shape index (κ2) is 8.25. The zero-order valence-corrected chi connectivity index (χ0v) is 15.8. The quantitative estimate of drug-likeness (QED) is 0.619. The Morgan fingerprint density at radius 1 is 1.31 bits per heavy atom. The molecule has 1 amide bonds. The third-order valence-corrected chi connectivity index (χ3v) is 4.73. The lowest BCUT2D eigenvalue weighted by molar-refractivity contribution is -0.113. The Hall–Kier alpha value is -2.51. The van der Waals surface area contributed by atoms with E-state index in [-0.39, 0.29) is 11.7 Å². The molecule has 0 bridgehead atoms. The molecular weight excluding hydrogens is 372 g/mol. The van der Waals surface area contributed by atoms with Crippen LogP contribution in [-0.4, -0.2) is 34.0 Å². The number of carbonyl (C=O) groups excluding carboxylic acids is 1. The fourth-order valence-corrected chi connectivity index (χ4v) is 3.14. The Bertz CT molecular complexity index is 929. The Labute approximate surface area is 160 Å². The van der Waals surface area contributed by atoms with Gasteiger partial charge in [-0.2, -0.15) is 0 Å². The second-order valence-corrected chi connectivity index (χ2v) is 6.84. The fourth-order valence-electron chi connectivity index (χ4n) is 2.32. The molecule has 134 valence electrons. The number of hydrogen-bond donors (Lipinski definition) is 2. The van der Waals surface area contributed by atoms with E-state index in [2.05, 4.69) is 20.5 Å². The lowest BCUT2D eigenvalue weighted by Gasteiger charge is -2.10. The van der Waals surface area contributed by atoms with Gasteiger partial charge in [-0.25, -0.2) is 4.98 Å². The van der Waals surface area contributed by atoms with Crippen LogP contribution in [0.1, 0.15) is 5.56 Å². The molecule has 2 N–H and O–H groups in total. The molecule has 0 aliphatic heterocycles. The highest BCUT2D eigenvalue weighted by atomic mass is 35.5. The molecule has 1 aromatic heterocycles. The van der Waals surface area contributed by atoms with E-state index < -0.39 is 0 Å². The van der Waals surface area contributed by atoms with Crippen molar-refractivity contribution in [1.82, 2.24) is 15.2 Å². The van der Waals surface area contributed by atoms with Crippen molar-refractivity contribution >= 4 is 35.0 Å². The van der Waals surface area contributed by atoms with Crippen molar-refractivity contribution in [3.8, 4) is 17.1 Å². The van der Waals surface area contributed by atoms with Gasteiger partial charge in [0.15, 0.2) is 5.82 Å². The number of carbonyl (C=O) groups is 1. The molecule has 3 rings (SSSR count). The maximum atomic E-state index is 12.2.